The van der Waals surface area contributed by atoms with E-state index in [1.165, 1.54) is 32.1 Å². The molecule has 0 heterocycles. The maximum atomic E-state index is 11.6. The van der Waals surface area contributed by atoms with E-state index in [0.29, 0.717) is 12.5 Å². The summed E-state index contributed by atoms with van der Waals surface area (Å²) in [5, 5.41) is 9.59. The van der Waals surface area contributed by atoms with Crippen molar-refractivity contribution in [3.8, 4) is 0 Å². The molecular formula is C18H32N4O. The summed E-state index contributed by atoms with van der Waals surface area (Å²) in [6, 6.07) is 0. The van der Waals surface area contributed by atoms with Gasteiger partial charge < -0.3 is 16.0 Å². The molecule has 3 aliphatic rings. The lowest BCUT2D eigenvalue weighted by molar-refractivity contribution is -0.122. The summed E-state index contributed by atoms with van der Waals surface area (Å²) >= 11 is 0. The number of hydrogen-bond acceptors (Lipinski definition) is 2. The first-order chi connectivity index (χ1) is 11.3. The smallest absolute Gasteiger partial charge is 0.223 e. The van der Waals surface area contributed by atoms with Crippen molar-refractivity contribution in [3.63, 3.8) is 0 Å². The molecule has 0 radical (unpaired) electrons. The highest BCUT2D eigenvalue weighted by Crippen LogP contribution is 2.49. The fourth-order valence-corrected chi connectivity index (χ4v) is 4.27. The molecule has 3 atom stereocenters. The quantitative estimate of drug-likeness (QED) is 0.363. The van der Waals surface area contributed by atoms with Crippen LogP contribution in [0.5, 0.6) is 0 Å². The lowest BCUT2D eigenvalue weighted by atomic mass is 9.86. The number of nitrogens with zero attached hydrogens (tertiary/aromatic N) is 1. The Kier molecular flexibility index (Phi) is 5.79. The number of amides is 1. The van der Waals surface area contributed by atoms with Crippen LogP contribution in [0.3, 0.4) is 0 Å². The van der Waals surface area contributed by atoms with Crippen LogP contribution in [0.1, 0.15) is 51.9 Å². The van der Waals surface area contributed by atoms with E-state index in [2.05, 4.69) is 22.9 Å². The molecule has 3 saturated carbocycles. The summed E-state index contributed by atoms with van der Waals surface area (Å²) in [5.41, 5.74) is 0. The van der Waals surface area contributed by atoms with Crippen LogP contribution >= 0.6 is 0 Å². The van der Waals surface area contributed by atoms with Crippen LogP contribution in [0.4, 0.5) is 0 Å². The molecule has 5 nitrogen and oxygen atoms in total. The first-order valence-electron chi connectivity index (χ1n) is 9.56. The van der Waals surface area contributed by atoms with Gasteiger partial charge in [0.2, 0.25) is 5.91 Å². The van der Waals surface area contributed by atoms with Crippen molar-refractivity contribution < 1.29 is 4.79 Å². The number of rotatable bonds is 8. The summed E-state index contributed by atoms with van der Waals surface area (Å²) in [6.07, 6.45) is 9.21. The lowest BCUT2D eigenvalue weighted by Crippen LogP contribution is -2.41. The standard InChI is InChI=1S/C18H32N4O/c1-2-19-18(22-10-9-20-17(23)14-5-6-14)21-8-7-16-12-13-3-4-15(16)11-13/h13-16H,2-12H2,1H3,(H,20,23)(H2,19,21,22). The van der Waals surface area contributed by atoms with Crippen LogP contribution < -0.4 is 16.0 Å². The average Bonchev–Trinajstić information content (AvgIpc) is 3.20. The molecule has 130 valence electrons. The third-order valence-corrected chi connectivity index (χ3v) is 5.66. The Morgan fingerprint density at radius 1 is 1.04 bits per heavy atom. The van der Waals surface area contributed by atoms with Gasteiger partial charge in [-0.25, -0.2) is 0 Å². The molecule has 0 aromatic heterocycles. The van der Waals surface area contributed by atoms with Crippen LogP contribution in [-0.4, -0.2) is 38.0 Å². The zero-order valence-corrected chi connectivity index (χ0v) is 14.4. The molecule has 3 rings (SSSR count). The number of carbonyl (C=O) groups excluding carboxylic acids is 1. The Bertz CT molecular complexity index is 433. The predicted octanol–water partition coefficient (Wildman–Crippen LogP) is 1.89. The van der Waals surface area contributed by atoms with E-state index in [-0.39, 0.29) is 5.91 Å². The van der Waals surface area contributed by atoms with Gasteiger partial charge in [-0.1, -0.05) is 6.42 Å². The van der Waals surface area contributed by atoms with Gasteiger partial charge in [-0.3, -0.25) is 9.79 Å². The van der Waals surface area contributed by atoms with Crippen LogP contribution in [0, 0.1) is 23.7 Å². The van der Waals surface area contributed by atoms with E-state index in [1.54, 1.807) is 0 Å². The van der Waals surface area contributed by atoms with Crippen LogP contribution in [-0.2, 0) is 4.79 Å². The molecule has 1 amide bonds. The topological polar surface area (TPSA) is 65.5 Å². The first kappa shape index (κ1) is 16.6. The Balaban J connectivity index is 1.32. The molecule has 0 aromatic rings. The third kappa shape index (κ3) is 4.85. The number of fused-ring (bicyclic) bond motifs is 2. The second kappa shape index (κ2) is 8.02. The van der Waals surface area contributed by atoms with Crippen molar-refractivity contribution in [2.45, 2.75) is 51.9 Å². The maximum absolute atomic E-state index is 11.6. The van der Waals surface area contributed by atoms with Gasteiger partial charge in [0, 0.05) is 32.1 Å². The van der Waals surface area contributed by atoms with Crippen LogP contribution in [0.25, 0.3) is 0 Å². The van der Waals surface area contributed by atoms with Gasteiger partial charge in [-0.2, -0.15) is 0 Å². The maximum Gasteiger partial charge on any atom is 0.223 e. The molecule has 3 N–H and O–H groups in total. The molecule has 3 aliphatic carbocycles. The minimum absolute atomic E-state index is 0.213. The van der Waals surface area contributed by atoms with Crippen molar-refractivity contribution in [2.75, 3.05) is 26.2 Å². The first-order valence-corrected chi connectivity index (χ1v) is 9.56. The summed E-state index contributed by atoms with van der Waals surface area (Å²) in [7, 11) is 0. The fraction of sp³-hybridized carbons (Fsp3) is 0.889. The summed E-state index contributed by atoms with van der Waals surface area (Å²) < 4.78 is 0. The van der Waals surface area contributed by atoms with E-state index in [9.17, 15) is 4.79 Å². The molecule has 3 fully saturated rings. The second-order valence-electron chi connectivity index (χ2n) is 7.48. The Hall–Kier alpha value is -1.26. The molecule has 5 heteroatoms. The second-order valence-corrected chi connectivity index (χ2v) is 7.48. The molecular weight excluding hydrogens is 288 g/mol. The van der Waals surface area contributed by atoms with Crippen LogP contribution in [0.2, 0.25) is 0 Å². The highest BCUT2D eigenvalue weighted by atomic mass is 16.2. The minimum atomic E-state index is 0.213. The van der Waals surface area contributed by atoms with Gasteiger partial charge in [0.05, 0.1) is 0 Å². The Morgan fingerprint density at radius 2 is 1.87 bits per heavy atom. The van der Waals surface area contributed by atoms with E-state index in [0.717, 1.165) is 56.2 Å². The van der Waals surface area contributed by atoms with E-state index >= 15 is 0 Å². The van der Waals surface area contributed by atoms with Crippen molar-refractivity contribution in [1.29, 1.82) is 0 Å². The van der Waals surface area contributed by atoms with Crippen LogP contribution in [0.15, 0.2) is 4.99 Å². The highest BCUT2D eigenvalue weighted by molar-refractivity contribution is 5.81. The molecule has 0 aliphatic heterocycles. The average molecular weight is 320 g/mol. The van der Waals surface area contributed by atoms with Gasteiger partial charge in [-0.05, 0) is 63.2 Å². The molecule has 3 unspecified atom stereocenters. The Labute approximate surface area is 140 Å². The van der Waals surface area contributed by atoms with Crippen molar-refractivity contribution >= 4 is 11.9 Å². The number of carbonyl (C=O) groups is 1. The molecule has 0 aromatic carbocycles. The van der Waals surface area contributed by atoms with Gasteiger partial charge in [0.1, 0.15) is 0 Å². The molecule has 0 saturated heterocycles. The van der Waals surface area contributed by atoms with Gasteiger partial charge in [0.15, 0.2) is 5.96 Å². The summed E-state index contributed by atoms with van der Waals surface area (Å²) in [5.74, 6) is 4.32. The van der Waals surface area contributed by atoms with E-state index in [4.69, 9.17) is 4.99 Å². The molecule has 23 heavy (non-hydrogen) atoms. The molecule has 0 spiro atoms. The third-order valence-electron chi connectivity index (χ3n) is 5.66. The monoisotopic (exact) mass is 320 g/mol. The zero-order valence-electron chi connectivity index (χ0n) is 14.4. The Morgan fingerprint density at radius 3 is 2.52 bits per heavy atom. The predicted molar refractivity (Wildman–Crippen MR) is 93.3 cm³/mol. The van der Waals surface area contributed by atoms with Gasteiger partial charge in [0.25, 0.3) is 0 Å². The lowest BCUT2D eigenvalue weighted by Gasteiger charge is -2.20. The van der Waals surface area contributed by atoms with E-state index < -0.39 is 0 Å². The largest absolute Gasteiger partial charge is 0.357 e. The van der Waals surface area contributed by atoms with E-state index in [1.807, 2.05) is 0 Å². The number of hydrogen-bond donors (Lipinski definition) is 3. The number of guanidine groups is 1. The minimum Gasteiger partial charge on any atom is -0.357 e. The summed E-state index contributed by atoms with van der Waals surface area (Å²) in [6.45, 7) is 5.28. The van der Waals surface area contributed by atoms with Crippen molar-refractivity contribution in [3.05, 3.63) is 0 Å². The summed E-state index contributed by atoms with van der Waals surface area (Å²) in [4.78, 5) is 16.3. The fourth-order valence-electron chi connectivity index (χ4n) is 4.27. The number of aliphatic imine (C=N–C) groups is 1. The van der Waals surface area contributed by atoms with Crippen molar-refractivity contribution in [1.82, 2.24) is 16.0 Å². The normalized spacial score (nSPS) is 29.6. The zero-order chi connectivity index (χ0) is 16.1. The van der Waals surface area contributed by atoms with Gasteiger partial charge in [-0.15, -0.1) is 0 Å². The highest BCUT2D eigenvalue weighted by Gasteiger charge is 2.38. The van der Waals surface area contributed by atoms with Crippen molar-refractivity contribution in [2.24, 2.45) is 28.7 Å². The molecule has 2 bridgehead atoms. The number of nitrogens with one attached hydrogen (secondary N) is 3. The van der Waals surface area contributed by atoms with Gasteiger partial charge >= 0.3 is 0 Å². The SMILES string of the molecule is CCNC(=NCCC1CC2CCC1C2)NCCNC(=O)C1CC1.